The van der Waals surface area contributed by atoms with E-state index in [1.54, 1.807) is 12.4 Å². The number of carbonyl (C=O) groups is 1. The number of pyridine rings is 1. The van der Waals surface area contributed by atoms with Gasteiger partial charge in [0.25, 0.3) is 5.91 Å². The van der Waals surface area contributed by atoms with Crippen LogP contribution < -0.4 is 0 Å². The Bertz CT molecular complexity index is 442. The minimum absolute atomic E-state index is 0.0945. The van der Waals surface area contributed by atoms with E-state index in [0.717, 1.165) is 36.9 Å². The van der Waals surface area contributed by atoms with Gasteiger partial charge in [0.2, 0.25) is 0 Å². The van der Waals surface area contributed by atoms with Crippen LogP contribution in [0.2, 0.25) is 0 Å². The summed E-state index contributed by atoms with van der Waals surface area (Å²) < 4.78 is 0.848. The van der Waals surface area contributed by atoms with Crippen molar-refractivity contribution >= 4 is 21.8 Å². The molecule has 0 N–H and O–H groups in total. The molecule has 1 saturated heterocycles. The van der Waals surface area contributed by atoms with Gasteiger partial charge in [0, 0.05) is 36.5 Å². The van der Waals surface area contributed by atoms with E-state index >= 15 is 0 Å². The lowest BCUT2D eigenvalue weighted by atomic mass is 9.96. The summed E-state index contributed by atoms with van der Waals surface area (Å²) in [5, 5.41) is 0. The molecule has 0 aromatic carbocycles. The van der Waals surface area contributed by atoms with E-state index in [0.29, 0.717) is 11.5 Å². The quantitative estimate of drug-likeness (QED) is 0.855. The molecule has 0 saturated carbocycles. The Morgan fingerprint density at radius 3 is 2.68 bits per heavy atom. The molecule has 2 rings (SSSR count). The van der Waals surface area contributed by atoms with Crippen molar-refractivity contribution in [2.45, 2.75) is 12.8 Å². The van der Waals surface area contributed by atoms with Crippen molar-refractivity contribution in [2.24, 2.45) is 5.92 Å². The molecule has 1 amide bonds. The van der Waals surface area contributed by atoms with Gasteiger partial charge in [-0.05, 0) is 54.9 Å². The van der Waals surface area contributed by atoms with E-state index in [2.05, 4.69) is 39.9 Å². The van der Waals surface area contributed by atoms with Crippen molar-refractivity contribution in [2.75, 3.05) is 33.7 Å². The Labute approximate surface area is 122 Å². The zero-order valence-electron chi connectivity index (χ0n) is 11.5. The molecule has 19 heavy (non-hydrogen) atoms. The molecule has 1 aromatic heterocycles. The average Bonchev–Trinajstić information content (AvgIpc) is 2.38. The second-order valence-corrected chi connectivity index (χ2v) is 6.31. The van der Waals surface area contributed by atoms with Crippen LogP contribution in [-0.2, 0) is 0 Å². The van der Waals surface area contributed by atoms with Crippen LogP contribution in [0.4, 0.5) is 0 Å². The van der Waals surface area contributed by atoms with Crippen LogP contribution in [0.5, 0.6) is 0 Å². The van der Waals surface area contributed by atoms with Gasteiger partial charge in [-0.2, -0.15) is 0 Å². The first-order chi connectivity index (χ1) is 9.06. The van der Waals surface area contributed by atoms with Crippen LogP contribution in [-0.4, -0.2) is 54.4 Å². The number of amides is 1. The smallest absolute Gasteiger partial charge is 0.255 e. The lowest BCUT2D eigenvalue weighted by molar-refractivity contribution is 0.0677. The number of aromatic nitrogens is 1. The molecule has 0 atom stereocenters. The molecule has 104 valence electrons. The maximum absolute atomic E-state index is 12.3. The third kappa shape index (κ3) is 4.01. The first-order valence-corrected chi connectivity index (χ1v) is 7.40. The van der Waals surface area contributed by atoms with E-state index in [-0.39, 0.29) is 5.91 Å². The Kier molecular flexibility index (Phi) is 4.93. The third-order valence-electron chi connectivity index (χ3n) is 3.48. The highest BCUT2D eigenvalue weighted by atomic mass is 79.9. The highest BCUT2D eigenvalue weighted by molar-refractivity contribution is 9.10. The van der Waals surface area contributed by atoms with Gasteiger partial charge < -0.3 is 9.80 Å². The van der Waals surface area contributed by atoms with Crippen molar-refractivity contribution in [3.05, 3.63) is 28.5 Å². The SMILES string of the molecule is CN(C)CC1CCN(C(=O)c2cncc(Br)c2)CC1. The van der Waals surface area contributed by atoms with Crippen LogP contribution in [0.25, 0.3) is 0 Å². The van der Waals surface area contributed by atoms with Gasteiger partial charge in [-0.3, -0.25) is 9.78 Å². The normalized spacial score (nSPS) is 16.9. The largest absolute Gasteiger partial charge is 0.339 e. The number of piperidine rings is 1. The Balaban J connectivity index is 1.92. The van der Waals surface area contributed by atoms with Crippen molar-refractivity contribution < 1.29 is 4.79 Å². The van der Waals surface area contributed by atoms with Gasteiger partial charge in [0.15, 0.2) is 0 Å². The summed E-state index contributed by atoms with van der Waals surface area (Å²) in [5.74, 6) is 0.803. The van der Waals surface area contributed by atoms with Crippen LogP contribution in [0.15, 0.2) is 22.9 Å². The molecule has 0 aliphatic carbocycles. The number of rotatable bonds is 3. The first-order valence-electron chi connectivity index (χ1n) is 6.61. The molecule has 1 fully saturated rings. The zero-order chi connectivity index (χ0) is 13.8. The molecule has 1 aromatic rings. The van der Waals surface area contributed by atoms with Crippen molar-refractivity contribution in [1.29, 1.82) is 0 Å². The Morgan fingerprint density at radius 2 is 2.11 bits per heavy atom. The summed E-state index contributed by atoms with van der Waals surface area (Å²) in [4.78, 5) is 20.6. The predicted octanol–water partition coefficient (Wildman–Crippen LogP) is 2.26. The van der Waals surface area contributed by atoms with Crippen molar-refractivity contribution in [1.82, 2.24) is 14.8 Å². The molecule has 4 nitrogen and oxygen atoms in total. The molecular weight excluding hydrogens is 306 g/mol. The molecular formula is C14H20BrN3O. The lowest BCUT2D eigenvalue weighted by Gasteiger charge is -2.33. The molecule has 0 spiro atoms. The van der Waals surface area contributed by atoms with E-state index in [4.69, 9.17) is 0 Å². The summed E-state index contributed by atoms with van der Waals surface area (Å²) in [6.07, 6.45) is 5.51. The van der Waals surface area contributed by atoms with Gasteiger partial charge in [-0.15, -0.1) is 0 Å². The molecule has 0 radical (unpaired) electrons. The van der Waals surface area contributed by atoms with Gasteiger partial charge in [-0.25, -0.2) is 0 Å². The minimum Gasteiger partial charge on any atom is -0.339 e. The fourth-order valence-corrected chi connectivity index (χ4v) is 2.91. The summed E-state index contributed by atoms with van der Waals surface area (Å²) in [6, 6.07) is 1.83. The van der Waals surface area contributed by atoms with Gasteiger partial charge >= 0.3 is 0 Å². The summed E-state index contributed by atoms with van der Waals surface area (Å²) >= 11 is 3.35. The number of nitrogens with zero attached hydrogens (tertiary/aromatic N) is 3. The highest BCUT2D eigenvalue weighted by Gasteiger charge is 2.24. The zero-order valence-corrected chi connectivity index (χ0v) is 13.1. The fraction of sp³-hybridized carbons (Fsp3) is 0.571. The topological polar surface area (TPSA) is 36.4 Å². The van der Waals surface area contributed by atoms with Crippen molar-refractivity contribution in [3.8, 4) is 0 Å². The van der Waals surface area contributed by atoms with Crippen LogP contribution in [0.3, 0.4) is 0 Å². The van der Waals surface area contributed by atoms with Crippen LogP contribution >= 0.6 is 15.9 Å². The molecule has 1 aliphatic rings. The summed E-state index contributed by atoms with van der Waals surface area (Å²) in [7, 11) is 4.20. The monoisotopic (exact) mass is 325 g/mol. The van der Waals surface area contributed by atoms with Crippen molar-refractivity contribution in [3.63, 3.8) is 0 Å². The Morgan fingerprint density at radius 1 is 1.42 bits per heavy atom. The van der Waals surface area contributed by atoms with Crippen LogP contribution in [0, 0.1) is 5.92 Å². The summed E-state index contributed by atoms with van der Waals surface area (Å²) in [6.45, 7) is 2.81. The second kappa shape index (κ2) is 6.48. The first kappa shape index (κ1) is 14.5. The second-order valence-electron chi connectivity index (χ2n) is 5.39. The molecule has 1 aliphatic heterocycles. The average molecular weight is 326 g/mol. The van der Waals surface area contributed by atoms with E-state index in [1.807, 2.05) is 11.0 Å². The maximum atomic E-state index is 12.3. The van der Waals surface area contributed by atoms with Gasteiger partial charge in [0.1, 0.15) is 0 Å². The molecule has 5 heteroatoms. The van der Waals surface area contributed by atoms with E-state index in [1.165, 1.54) is 0 Å². The number of likely N-dealkylation sites (tertiary alicyclic amines) is 1. The van der Waals surface area contributed by atoms with Gasteiger partial charge in [0.05, 0.1) is 5.56 Å². The summed E-state index contributed by atoms with van der Waals surface area (Å²) in [5.41, 5.74) is 0.667. The number of hydrogen-bond acceptors (Lipinski definition) is 3. The maximum Gasteiger partial charge on any atom is 0.255 e. The number of carbonyl (C=O) groups excluding carboxylic acids is 1. The number of hydrogen-bond donors (Lipinski definition) is 0. The molecule has 0 bridgehead atoms. The number of halogens is 1. The molecule has 2 heterocycles. The lowest BCUT2D eigenvalue weighted by Crippen LogP contribution is -2.40. The van der Waals surface area contributed by atoms with E-state index < -0.39 is 0 Å². The van der Waals surface area contributed by atoms with E-state index in [9.17, 15) is 4.79 Å². The van der Waals surface area contributed by atoms with Crippen LogP contribution in [0.1, 0.15) is 23.2 Å². The fourth-order valence-electron chi connectivity index (χ4n) is 2.55. The predicted molar refractivity (Wildman–Crippen MR) is 79.1 cm³/mol. The van der Waals surface area contributed by atoms with Gasteiger partial charge in [-0.1, -0.05) is 0 Å². The Hall–Kier alpha value is -0.940. The standard InChI is InChI=1S/C14H20BrN3O/c1-17(2)10-11-3-5-18(6-4-11)14(19)12-7-13(15)9-16-8-12/h7-9,11H,3-6,10H2,1-2H3. The third-order valence-corrected chi connectivity index (χ3v) is 3.91. The molecule has 0 unspecified atom stereocenters. The minimum atomic E-state index is 0.0945. The highest BCUT2D eigenvalue weighted by Crippen LogP contribution is 2.20.